The van der Waals surface area contributed by atoms with Gasteiger partial charge in [-0.1, -0.05) is 26.0 Å². The molecule has 1 aromatic rings. The predicted octanol–water partition coefficient (Wildman–Crippen LogP) is 1.79. The number of nitrogens with two attached hydrogens (primary N) is 1. The first kappa shape index (κ1) is 14.5. The number of benzene rings is 1. The minimum Gasteiger partial charge on any atom is -0.497 e. The number of hydrogen-bond acceptors (Lipinski definition) is 3. The van der Waals surface area contributed by atoms with Crippen molar-refractivity contribution in [3.8, 4) is 5.75 Å². The largest absolute Gasteiger partial charge is 0.497 e. The maximum absolute atomic E-state index is 11.8. The molecule has 1 amide bonds. The van der Waals surface area contributed by atoms with Gasteiger partial charge in [0, 0.05) is 0 Å². The maximum Gasteiger partial charge on any atom is 0.242 e. The average molecular weight is 250 g/mol. The Bertz CT molecular complexity index is 389. The first-order valence-electron chi connectivity index (χ1n) is 6.30. The second kappa shape index (κ2) is 6.40. The van der Waals surface area contributed by atoms with Crippen LogP contribution in [0.25, 0.3) is 0 Å². The number of carbonyl (C=O) groups excluding carboxylic acids is 1. The van der Waals surface area contributed by atoms with Crippen LogP contribution in [-0.2, 0) is 10.3 Å². The quantitative estimate of drug-likeness (QED) is 0.775. The molecule has 0 aromatic heterocycles. The lowest BCUT2D eigenvalue weighted by Crippen LogP contribution is -2.52. The zero-order valence-corrected chi connectivity index (χ0v) is 11.3. The van der Waals surface area contributed by atoms with Crippen LogP contribution >= 0.6 is 0 Å². The van der Waals surface area contributed by atoms with Crippen molar-refractivity contribution in [3.63, 3.8) is 0 Å². The van der Waals surface area contributed by atoms with Crippen LogP contribution < -0.4 is 15.8 Å². The lowest BCUT2D eigenvalue weighted by molar-refractivity contribution is -0.125. The van der Waals surface area contributed by atoms with E-state index in [0.29, 0.717) is 6.42 Å². The van der Waals surface area contributed by atoms with Gasteiger partial charge in [0.25, 0.3) is 0 Å². The Morgan fingerprint density at radius 1 is 1.33 bits per heavy atom. The number of rotatable bonds is 7. The molecule has 4 heteroatoms. The van der Waals surface area contributed by atoms with E-state index in [1.807, 2.05) is 31.2 Å². The normalized spacial score (nSPS) is 13.9. The van der Waals surface area contributed by atoms with Crippen LogP contribution in [0.15, 0.2) is 24.3 Å². The van der Waals surface area contributed by atoms with E-state index < -0.39 is 5.54 Å². The molecule has 0 fully saturated rings. The van der Waals surface area contributed by atoms with Crippen LogP contribution in [0, 0.1) is 0 Å². The molecule has 1 rings (SSSR count). The molecular formula is C14H22N2O2. The van der Waals surface area contributed by atoms with Gasteiger partial charge in [-0.25, -0.2) is 0 Å². The first-order valence-corrected chi connectivity index (χ1v) is 6.30. The first-order chi connectivity index (χ1) is 8.60. The van der Waals surface area contributed by atoms with E-state index in [1.165, 1.54) is 0 Å². The third kappa shape index (κ3) is 2.82. The summed E-state index contributed by atoms with van der Waals surface area (Å²) in [5, 5.41) is 3.27. The number of nitrogens with one attached hydrogen (secondary N) is 1. The summed E-state index contributed by atoms with van der Waals surface area (Å²) in [6.45, 7) is 4.77. The van der Waals surface area contributed by atoms with Gasteiger partial charge in [0.05, 0.1) is 7.11 Å². The number of amides is 1. The van der Waals surface area contributed by atoms with Crippen molar-refractivity contribution in [1.82, 2.24) is 5.32 Å². The van der Waals surface area contributed by atoms with Crippen molar-refractivity contribution in [3.05, 3.63) is 29.8 Å². The lowest BCUT2D eigenvalue weighted by atomic mass is 9.86. The van der Waals surface area contributed by atoms with E-state index in [1.54, 1.807) is 7.11 Å². The SMILES string of the molecule is CCCNC(CC)(C(N)=O)c1ccc(OC)cc1. The van der Waals surface area contributed by atoms with Gasteiger partial charge in [0.15, 0.2) is 0 Å². The molecule has 0 spiro atoms. The highest BCUT2D eigenvalue weighted by Crippen LogP contribution is 2.26. The zero-order valence-electron chi connectivity index (χ0n) is 11.3. The second-order valence-corrected chi connectivity index (χ2v) is 4.28. The van der Waals surface area contributed by atoms with Crippen LogP contribution in [0.4, 0.5) is 0 Å². The Morgan fingerprint density at radius 2 is 1.94 bits per heavy atom. The summed E-state index contributed by atoms with van der Waals surface area (Å²) in [7, 11) is 1.62. The number of carbonyl (C=O) groups is 1. The van der Waals surface area contributed by atoms with Gasteiger partial charge < -0.3 is 10.5 Å². The predicted molar refractivity (Wildman–Crippen MR) is 72.5 cm³/mol. The summed E-state index contributed by atoms with van der Waals surface area (Å²) in [6.07, 6.45) is 1.57. The number of hydrogen-bond donors (Lipinski definition) is 2. The molecule has 0 bridgehead atoms. The summed E-state index contributed by atoms with van der Waals surface area (Å²) in [4.78, 5) is 11.8. The molecule has 3 N–H and O–H groups in total. The smallest absolute Gasteiger partial charge is 0.242 e. The van der Waals surface area contributed by atoms with Gasteiger partial charge in [0.2, 0.25) is 5.91 Å². The Balaban J connectivity index is 3.10. The van der Waals surface area contributed by atoms with Crippen LogP contribution in [-0.4, -0.2) is 19.6 Å². The summed E-state index contributed by atoms with van der Waals surface area (Å²) in [5.41, 5.74) is 5.68. The molecule has 0 aliphatic carbocycles. The molecule has 1 aromatic carbocycles. The van der Waals surface area contributed by atoms with Crippen molar-refractivity contribution in [2.24, 2.45) is 5.73 Å². The van der Waals surface area contributed by atoms with E-state index in [0.717, 1.165) is 24.3 Å². The Hall–Kier alpha value is -1.55. The Kier molecular flexibility index (Phi) is 5.16. The number of primary amides is 1. The second-order valence-electron chi connectivity index (χ2n) is 4.28. The fourth-order valence-corrected chi connectivity index (χ4v) is 2.05. The number of ether oxygens (including phenoxy) is 1. The Labute approximate surface area is 109 Å². The summed E-state index contributed by atoms with van der Waals surface area (Å²) in [6, 6.07) is 7.46. The van der Waals surface area contributed by atoms with Gasteiger partial charge in [0.1, 0.15) is 11.3 Å². The summed E-state index contributed by atoms with van der Waals surface area (Å²) in [5.74, 6) is 0.423. The molecular weight excluding hydrogens is 228 g/mol. The van der Waals surface area contributed by atoms with E-state index in [9.17, 15) is 4.79 Å². The highest BCUT2D eigenvalue weighted by atomic mass is 16.5. The molecule has 100 valence electrons. The molecule has 0 saturated heterocycles. The van der Waals surface area contributed by atoms with Crippen molar-refractivity contribution in [2.45, 2.75) is 32.2 Å². The van der Waals surface area contributed by atoms with Gasteiger partial charge in [-0.15, -0.1) is 0 Å². The van der Waals surface area contributed by atoms with Crippen molar-refractivity contribution >= 4 is 5.91 Å². The van der Waals surface area contributed by atoms with Crippen LogP contribution in [0.1, 0.15) is 32.3 Å². The van der Waals surface area contributed by atoms with Crippen molar-refractivity contribution < 1.29 is 9.53 Å². The molecule has 0 heterocycles. The van der Waals surface area contributed by atoms with Crippen LogP contribution in [0.3, 0.4) is 0 Å². The zero-order chi connectivity index (χ0) is 13.6. The topological polar surface area (TPSA) is 64.3 Å². The van der Waals surface area contributed by atoms with E-state index in [-0.39, 0.29) is 5.91 Å². The molecule has 1 unspecified atom stereocenters. The molecule has 0 aliphatic heterocycles. The standard InChI is InChI=1S/C14H22N2O2/c1-4-10-16-14(5-2,13(15)17)11-6-8-12(18-3)9-7-11/h6-9,16H,4-5,10H2,1-3H3,(H2,15,17). The minimum atomic E-state index is -0.789. The van der Waals surface area contributed by atoms with Crippen LogP contribution in [0.2, 0.25) is 0 Å². The minimum absolute atomic E-state index is 0.344. The highest BCUT2D eigenvalue weighted by Gasteiger charge is 2.35. The van der Waals surface area contributed by atoms with E-state index >= 15 is 0 Å². The maximum atomic E-state index is 11.8. The molecule has 0 aliphatic rings. The third-order valence-corrected chi connectivity index (χ3v) is 3.21. The molecule has 1 atom stereocenters. The molecule has 0 radical (unpaired) electrons. The van der Waals surface area contributed by atoms with E-state index in [2.05, 4.69) is 12.2 Å². The van der Waals surface area contributed by atoms with Gasteiger partial charge in [-0.2, -0.15) is 0 Å². The van der Waals surface area contributed by atoms with Gasteiger partial charge in [-0.05, 0) is 37.1 Å². The van der Waals surface area contributed by atoms with Gasteiger partial charge >= 0.3 is 0 Å². The monoisotopic (exact) mass is 250 g/mol. The van der Waals surface area contributed by atoms with Crippen molar-refractivity contribution in [2.75, 3.05) is 13.7 Å². The lowest BCUT2D eigenvalue weighted by Gasteiger charge is -2.31. The molecule has 4 nitrogen and oxygen atoms in total. The third-order valence-electron chi connectivity index (χ3n) is 3.21. The highest BCUT2D eigenvalue weighted by molar-refractivity contribution is 5.86. The molecule has 0 saturated carbocycles. The van der Waals surface area contributed by atoms with Gasteiger partial charge in [-0.3, -0.25) is 10.1 Å². The fraction of sp³-hybridized carbons (Fsp3) is 0.500. The number of methoxy groups -OCH3 is 1. The average Bonchev–Trinajstić information content (AvgIpc) is 2.40. The van der Waals surface area contributed by atoms with Crippen LogP contribution in [0.5, 0.6) is 5.75 Å². The summed E-state index contributed by atoms with van der Waals surface area (Å²) < 4.78 is 5.12. The van der Waals surface area contributed by atoms with Crippen molar-refractivity contribution in [1.29, 1.82) is 0 Å². The fourth-order valence-electron chi connectivity index (χ4n) is 2.05. The Morgan fingerprint density at radius 3 is 2.33 bits per heavy atom. The summed E-state index contributed by atoms with van der Waals surface area (Å²) >= 11 is 0. The van der Waals surface area contributed by atoms with E-state index in [4.69, 9.17) is 10.5 Å². The molecule has 18 heavy (non-hydrogen) atoms.